The minimum Gasteiger partial charge on any atom is -0.373 e. The van der Waals surface area contributed by atoms with Gasteiger partial charge < -0.3 is 10.6 Å². The molecule has 0 saturated heterocycles. The third kappa shape index (κ3) is 3.22. The number of nitrogens with zero attached hydrogens (tertiary/aromatic N) is 2. The van der Waals surface area contributed by atoms with Crippen LogP contribution in [-0.2, 0) is 0 Å². The van der Waals surface area contributed by atoms with Crippen molar-refractivity contribution < 1.29 is 0 Å². The van der Waals surface area contributed by atoms with E-state index in [-0.39, 0.29) is 0 Å². The predicted molar refractivity (Wildman–Crippen MR) is 85.4 cm³/mol. The fraction of sp³-hybridized carbons (Fsp3) is 0.750. The normalized spacial score (nSPS) is 22.9. The van der Waals surface area contributed by atoms with Gasteiger partial charge in [0.25, 0.3) is 0 Å². The van der Waals surface area contributed by atoms with Crippen molar-refractivity contribution in [1.82, 2.24) is 9.97 Å². The zero-order valence-electron chi connectivity index (χ0n) is 13.5. The standard InChI is InChI=1S/C16H28N4/c1-10(2)14-19-15(17-5)12(4)16(20-14)18-13-9-7-6-8-11(13)3/h10-11,13H,6-9H2,1-5H3,(H2,17,18,19,20). The number of rotatable bonds is 4. The Kier molecular flexibility index (Phi) is 4.84. The molecule has 1 heterocycles. The van der Waals surface area contributed by atoms with Crippen LogP contribution < -0.4 is 10.6 Å². The van der Waals surface area contributed by atoms with E-state index in [1.54, 1.807) is 0 Å². The summed E-state index contributed by atoms with van der Waals surface area (Å²) < 4.78 is 0. The van der Waals surface area contributed by atoms with Crippen molar-refractivity contribution >= 4 is 11.6 Å². The average molecular weight is 276 g/mol. The Hall–Kier alpha value is -1.32. The van der Waals surface area contributed by atoms with E-state index in [0.717, 1.165) is 28.9 Å². The SMILES string of the molecule is CNc1nc(C(C)C)nc(NC2CCCCC2C)c1C. The third-order valence-electron chi connectivity index (χ3n) is 4.35. The van der Waals surface area contributed by atoms with Crippen molar-refractivity contribution in [3.8, 4) is 0 Å². The second-order valence-corrected chi connectivity index (χ2v) is 6.32. The zero-order valence-corrected chi connectivity index (χ0v) is 13.5. The summed E-state index contributed by atoms with van der Waals surface area (Å²) in [6, 6.07) is 0.544. The summed E-state index contributed by atoms with van der Waals surface area (Å²) in [4.78, 5) is 9.35. The molecule has 1 fully saturated rings. The second kappa shape index (κ2) is 6.42. The van der Waals surface area contributed by atoms with Crippen molar-refractivity contribution in [2.24, 2.45) is 5.92 Å². The summed E-state index contributed by atoms with van der Waals surface area (Å²) in [5.74, 6) is 3.91. The highest BCUT2D eigenvalue weighted by Gasteiger charge is 2.23. The lowest BCUT2D eigenvalue weighted by Gasteiger charge is -2.30. The fourth-order valence-corrected chi connectivity index (χ4v) is 2.88. The highest BCUT2D eigenvalue weighted by Crippen LogP contribution is 2.29. The van der Waals surface area contributed by atoms with E-state index in [1.807, 2.05) is 7.05 Å². The van der Waals surface area contributed by atoms with Gasteiger partial charge >= 0.3 is 0 Å². The molecule has 0 radical (unpaired) electrons. The van der Waals surface area contributed by atoms with Crippen LogP contribution in [0.5, 0.6) is 0 Å². The average Bonchev–Trinajstić information content (AvgIpc) is 2.43. The number of hydrogen-bond donors (Lipinski definition) is 2. The van der Waals surface area contributed by atoms with Crippen LogP contribution in [0.15, 0.2) is 0 Å². The molecule has 1 aliphatic carbocycles. The topological polar surface area (TPSA) is 49.8 Å². The summed E-state index contributed by atoms with van der Waals surface area (Å²) in [5.41, 5.74) is 1.12. The van der Waals surface area contributed by atoms with Gasteiger partial charge in [0.05, 0.1) is 0 Å². The van der Waals surface area contributed by atoms with Crippen molar-refractivity contribution in [1.29, 1.82) is 0 Å². The molecule has 1 aromatic rings. The molecule has 0 bridgehead atoms. The third-order valence-corrected chi connectivity index (χ3v) is 4.35. The first-order valence-electron chi connectivity index (χ1n) is 7.85. The van der Waals surface area contributed by atoms with E-state index in [0.29, 0.717) is 12.0 Å². The van der Waals surface area contributed by atoms with E-state index >= 15 is 0 Å². The molecule has 1 saturated carbocycles. The molecule has 112 valence electrons. The van der Waals surface area contributed by atoms with Gasteiger partial charge in [-0.25, -0.2) is 9.97 Å². The van der Waals surface area contributed by atoms with E-state index in [4.69, 9.17) is 4.98 Å². The Bertz CT molecular complexity index is 456. The zero-order chi connectivity index (χ0) is 14.7. The molecule has 1 aliphatic rings. The van der Waals surface area contributed by atoms with Gasteiger partial charge in [0.2, 0.25) is 0 Å². The first kappa shape index (κ1) is 15.1. The molecule has 4 heteroatoms. The van der Waals surface area contributed by atoms with Gasteiger partial charge in [-0.1, -0.05) is 33.6 Å². The summed E-state index contributed by atoms with van der Waals surface area (Å²) in [6.45, 7) is 8.70. The van der Waals surface area contributed by atoms with Gasteiger partial charge in [0.1, 0.15) is 17.5 Å². The largest absolute Gasteiger partial charge is 0.373 e. The summed E-state index contributed by atoms with van der Waals surface area (Å²) in [5, 5.41) is 6.87. The minimum atomic E-state index is 0.340. The number of nitrogens with one attached hydrogen (secondary N) is 2. The van der Waals surface area contributed by atoms with Crippen molar-refractivity contribution in [2.75, 3.05) is 17.7 Å². The van der Waals surface area contributed by atoms with E-state index < -0.39 is 0 Å². The van der Waals surface area contributed by atoms with Gasteiger partial charge in [0.15, 0.2) is 0 Å². The monoisotopic (exact) mass is 276 g/mol. The van der Waals surface area contributed by atoms with Crippen LogP contribution in [0.2, 0.25) is 0 Å². The van der Waals surface area contributed by atoms with Crippen LogP contribution in [0.4, 0.5) is 11.6 Å². The Morgan fingerprint density at radius 3 is 2.35 bits per heavy atom. The molecule has 0 spiro atoms. The van der Waals surface area contributed by atoms with Crippen LogP contribution in [0.1, 0.15) is 63.8 Å². The van der Waals surface area contributed by atoms with Crippen LogP contribution in [0, 0.1) is 12.8 Å². The predicted octanol–water partition coefficient (Wildman–Crippen LogP) is 3.94. The number of aromatic nitrogens is 2. The molecular weight excluding hydrogens is 248 g/mol. The van der Waals surface area contributed by atoms with Gasteiger partial charge in [-0.2, -0.15) is 0 Å². The highest BCUT2D eigenvalue weighted by molar-refractivity contribution is 5.57. The molecule has 2 unspecified atom stereocenters. The van der Waals surface area contributed by atoms with E-state index in [1.165, 1.54) is 25.7 Å². The number of anilines is 2. The van der Waals surface area contributed by atoms with Gasteiger partial charge in [0, 0.05) is 24.6 Å². The Labute approximate surface area is 122 Å². The fourth-order valence-electron chi connectivity index (χ4n) is 2.88. The van der Waals surface area contributed by atoms with Gasteiger partial charge in [-0.3, -0.25) is 0 Å². The summed E-state index contributed by atoms with van der Waals surface area (Å²) in [6.07, 6.45) is 5.25. The lowest BCUT2D eigenvalue weighted by atomic mass is 9.86. The van der Waals surface area contributed by atoms with Crippen molar-refractivity contribution in [2.45, 2.75) is 65.3 Å². The Balaban J connectivity index is 2.27. The Morgan fingerprint density at radius 1 is 1.10 bits per heavy atom. The molecule has 2 N–H and O–H groups in total. The maximum absolute atomic E-state index is 4.75. The van der Waals surface area contributed by atoms with E-state index in [9.17, 15) is 0 Å². The molecule has 0 aromatic carbocycles. The van der Waals surface area contributed by atoms with Crippen LogP contribution in [0.25, 0.3) is 0 Å². The highest BCUT2D eigenvalue weighted by atomic mass is 15.1. The molecule has 20 heavy (non-hydrogen) atoms. The van der Waals surface area contributed by atoms with Crippen LogP contribution in [0.3, 0.4) is 0 Å². The second-order valence-electron chi connectivity index (χ2n) is 6.32. The van der Waals surface area contributed by atoms with E-state index in [2.05, 4.69) is 43.3 Å². The quantitative estimate of drug-likeness (QED) is 0.874. The molecule has 1 aromatic heterocycles. The molecule has 4 nitrogen and oxygen atoms in total. The van der Waals surface area contributed by atoms with Crippen molar-refractivity contribution in [3.05, 3.63) is 11.4 Å². The lowest BCUT2D eigenvalue weighted by molar-refractivity contribution is 0.349. The minimum absolute atomic E-state index is 0.340. The first-order valence-corrected chi connectivity index (χ1v) is 7.85. The number of hydrogen-bond acceptors (Lipinski definition) is 4. The maximum atomic E-state index is 4.75. The summed E-state index contributed by atoms with van der Waals surface area (Å²) >= 11 is 0. The summed E-state index contributed by atoms with van der Waals surface area (Å²) in [7, 11) is 1.92. The Morgan fingerprint density at radius 2 is 1.75 bits per heavy atom. The molecule has 0 aliphatic heterocycles. The van der Waals surface area contributed by atoms with Crippen LogP contribution in [-0.4, -0.2) is 23.1 Å². The lowest BCUT2D eigenvalue weighted by Crippen LogP contribution is -2.31. The van der Waals surface area contributed by atoms with Crippen molar-refractivity contribution in [3.63, 3.8) is 0 Å². The first-order chi connectivity index (χ1) is 9.52. The maximum Gasteiger partial charge on any atom is 0.135 e. The molecular formula is C16H28N4. The smallest absolute Gasteiger partial charge is 0.135 e. The van der Waals surface area contributed by atoms with Crippen LogP contribution >= 0.6 is 0 Å². The van der Waals surface area contributed by atoms with Gasteiger partial charge in [-0.15, -0.1) is 0 Å². The van der Waals surface area contributed by atoms with Gasteiger partial charge in [-0.05, 0) is 25.7 Å². The molecule has 0 amide bonds. The molecule has 2 atom stereocenters. The molecule has 2 rings (SSSR count).